The van der Waals surface area contributed by atoms with Crippen LogP contribution in [0.4, 0.5) is 0 Å². The summed E-state index contributed by atoms with van der Waals surface area (Å²) in [5, 5.41) is 9.10. The number of fused-ring (bicyclic) bond motifs is 2. The third-order valence-electron chi connectivity index (χ3n) is 6.37. The number of halogens is 2. The Morgan fingerprint density at radius 1 is 0.828 bits per heavy atom. The maximum atomic E-state index is 5.72. The van der Waals surface area contributed by atoms with Crippen LogP contribution in [0.2, 0.25) is 0 Å². The molecule has 29 heavy (non-hydrogen) atoms. The van der Waals surface area contributed by atoms with Gasteiger partial charge in [-0.15, -0.1) is 24.8 Å². The first-order chi connectivity index (χ1) is 13.4. The van der Waals surface area contributed by atoms with E-state index in [2.05, 4.69) is 64.8 Å². The summed E-state index contributed by atoms with van der Waals surface area (Å²) in [6.45, 7) is 6.22. The van der Waals surface area contributed by atoms with Gasteiger partial charge >= 0.3 is 0 Å². The van der Waals surface area contributed by atoms with Crippen molar-refractivity contribution in [3.8, 4) is 0 Å². The molecule has 1 atom stereocenters. The third-order valence-corrected chi connectivity index (χ3v) is 6.37. The fourth-order valence-corrected chi connectivity index (χ4v) is 5.08. The molecule has 0 amide bonds. The molecule has 156 valence electrons. The van der Waals surface area contributed by atoms with Crippen molar-refractivity contribution >= 4 is 46.4 Å². The highest BCUT2D eigenvalue weighted by molar-refractivity contribution is 6.02. The van der Waals surface area contributed by atoms with Gasteiger partial charge in [0.1, 0.15) is 0 Å². The van der Waals surface area contributed by atoms with E-state index in [1.807, 2.05) is 0 Å². The minimum absolute atomic E-state index is 0. The van der Waals surface area contributed by atoms with Crippen LogP contribution in [0.5, 0.6) is 0 Å². The number of benzene rings is 3. The summed E-state index contributed by atoms with van der Waals surface area (Å²) < 4.78 is 5.72. The van der Waals surface area contributed by atoms with Crippen molar-refractivity contribution in [3.63, 3.8) is 0 Å². The van der Waals surface area contributed by atoms with E-state index >= 15 is 0 Å². The Morgan fingerprint density at radius 2 is 1.38 bits per heavy atom. The maximum Gasteiger partial charge on any atom is 0.0469 e. The first-order valence-electron chi connectivity index (χ1n) is 10.3. The average Bonchev–Trinajstić information content (AvgIpc) is 2.75. The topological polar surface area (TPSA) is 24.5 Å². The quantitative estimate of drug-likeness (QED) is 0.574. The maximum absolute atomic E-state index is 5.72. The highest BCUT2D eigenvalue weighted by atomic mass is 35.5. The molecule has 0 radical (unpaired) electrons. The van der Waals surface area contributed by atoms with Gasteiger partial charge in [0.25, 0.3) is 0 Å². The standard InChI is InChI=1S/C24H28N2O.2ClH/c1-3-7-21-19(5-1)17-20-6-2-4-8-22(20)23(21)24(18-9-15-27-16-10-18)26-13-11-25-12-14-26;;/h1-8,17-18,24-25H,9-16H2;2*1H/t24-;;/m0../s1. The van der Waals surface area contributed by atoms with Crippen LogP contribution in [0.1, 0.15) is 24.4 Å². The molecular weight excluding hydrogens is 403 g/mol. The molecule has 2 aliphatic heterocycles. The fourth-order valence-electron chi connectivity index (χ4n) is 5.08. The summed E-state index contributed by atoms with van der Waals surface area (Å²) in [6.07, 6.45) is 2.32. The van der Waals surface area contributed by atoms with Crippen molar-refractivity contribution in [2.75, 3.05) is 39.4 Å². The van der Waals surface area contributed by atoms with Gasteiger partial charge in [-0.1, -0.05) is 48.5 Å². The van der Waals surface area contributed by atoms with Crippen LogP contribution < -0.4 is 5.32 Å². The van der Waals surface area contributed by atoms with Crippen LogP contribution in [-0.4, -0.2) is 44.3 Å². The van der Waals surface area contributed by atoms with Gasteiger partial charge < -0.3 is 10.1 Å². The summed E-state index contributed by atoms with van der Waals surface area (Å²) in [5.74, 6) is 0.658. The van der Waals surface area contributed by atoms with Gasteiger partial charge in [0.2, 0.25) is 0 Å². The molecule has 3 nitrogen and oxygen atoms in total. The van der Waals surface area contributed by atoms with Crippen molar-refractivity contribution in [3.05, 3.63) is 60.2 Å². The normalized spacial score (nSPS) is 19.4. The van der Waals surface area contributed by atoms with Crippen molar-refractivity contribution in [2.45, 2.75) is 18.9 Å². The summed E-state index contributed by atoms with van der Waals surface area (Å²) in [7, 11) is 0. The zero-order valence-electron chi connectivity index (χ0n) is 16.7. The average molecular weight is 433 g/mol. The number of ether oxygens (including phenoxy) is 1. The largest absolute Gasteiger partial charge is 0.381 e. The number of rotatable bonds is 3. The second-order valence-electron chi connectivity index (χ2n) is 7.91. The minimum atomic E-state index is 0. The Hall–Kier alpha value is -1.36. The van der Waals surface area contributed by atoms with Gasteiger partial charge in [-0.3, -0.25) is 4.90 Å². The summed E-state index contributed by atoms with van der Waals surface area (Å²) >= 11 is 0. The lowest BCUT2D eigenvalue weighted by Crippen LogP contribution is -2.47. The van der Waals surface area contributed by atoms with Gasteiger partial charge in [0.15, 0.2) is 0 Å². The zero-order chi connectivity index (χ0) is 18.1. The first kappa shape index (κ1) is 22.3. The van der Waals surface area contributed by atoms with Crippen LogP contribution in [0, 0.1) is 5.92 Å². The molecule has 2 fully saturated rings. The molecule has 3 aromatic rings. The minimum Gasteiger partial charge on any atom is -0.381 e. The zero-order valence-corrected chi connectivity index (χ0v) is 18.3. The number of nitrogens with zero attached hydrogens (tertiary/aromatic N) is 1. The lowest BCUT2D eigenvalue weighted by atomic mass is 9.81. The number of nitrogens with one attached hydrogen (secondary N) is 1. The van der Waals surface area contributed by atoms with E-state index < -0.39 is 0 Å². The Labute approximate surface area is 185 Å². The predicted molar refractivity (Wildman–Crippen MR) is 127 cm³/mol. The van der Waals surface area contributed by atoms with Crippen molar-refractivity contribution in [1.82, 2.24) is 10.2 Å². The SMILES string of the molecule is Cl.Cl.c1ccc2c([C@H](C3CCOCC3)N3CCNCC3)c3ccccc3cc2c1. The van der Waals surface area contributed by atoms with Gasteiger partial charge in [0.05, 0.1) is 0 Å². The molecule has 0 bridgehead atoms. The van der Waals surface area contributed by atoms with E-state index in [0.29, 0.717) is 12.0 Å². The van der Waals surface area contributed by atoms with E-state index in [9.17, 15) is 0 Å². The molecule has 0 saturated carbocycles. The Bertz CT molecular complexity index is 864. The highest BCUT2D eigenvalue weighted by Gasteiger charge is 2.33. The van der Waals surface area contributed by atoms with Crippen LogP contribution in [0.25, 0.3) is 21.5 Å². The molecule has 0 spiro atoms. The van der Waals surface area contributed by atoms with Crippen LogP contribution in [0.15, 0.2) is 54.6 Å². The third kappa shape index (κ3) is 4.40. The van der Waals surface area contributed by atoms with Gasteiger partial charge in [0, 0.05) is 45.4 Å². The monoisotopic (exact) mass is 432 g/mol. The lowest BCUT2D eigenvalue weighted by Gasteiger charge is -2.42. The number of piperazine rings is 1. The molecule has 5 heteroatoms. The number of hydrogen-bond acceptors (Lipinski definition) is 3. The molecule has 0 unspecified atom stereocenters. The summed E-state index contributed by atoms with van der Waals surface area (Å²) in [6, 6.07) is 20.7. The molecule has 0 aliphatic carbocycles. The Morgan fingerprint density at radius 3 is 1.97 bits per heavy atom. The van der Waals surface area contributed by atoms with Crippen molar-refractivity contribution < 1.29 is 4.74 Å². The predicted octanol–water partition coefficient (Wildman–Crippen LogP) is 5.21. The molecule has 0 aromatic heterocycles. The fraction of sp³-hybridized carbons (Fsp3) is 0.417. The molecule has 2 heterocycles. The molecule has 1 N–H and O–H groups in total. The second-order valence-corrected chi connectivity index (χ2v) is 7.91. The molecular formula is C24H30Cl2N2O. The van der Waals surface area contributed by atoms with Crippen molar-refractivity contribution in [1.29, 1.82) is 0 Å². The summed E-state index contributed by atoms with van der Waals surface area (Å²) in [4.78, 5) is 2.74. The molecule has 2 aliphatic rings. The van der Waals surface area contributed by atoms with Crippen LogP contribution in [-0.2, 0) is 4.74 Å². The number of hydrogen-bond donors (Lipinski definition) is 1. The Kier molecular flexibility index (Phi) is 7.78. The van der Waals surface area contributed by atoms with E-state index in [-0.39, 0.29) is 24.8 Å². The van der Waals surface area contributed by atoms with Gasteiger partial charge in [-0.05, 0) is 51.9 Å². The van der Waals surface area contributed by atoms with E-state index in [1.54, 1.807) is 0 Å². The highest BCUT2D eigenvalue weighted by Crippen LogP contribution is 2.42. The smallest absolute Gasteiger partial charge is 0.0469 e. The van der Waals surface area contributed by atoms with E-state index in [4.69, 9.17) is 4.74 Å². The van der Waals surface area contributed by atoms with E-state index in [0.717, 1.165) is 52.2 Å². The lowest BCUT2D eigenvalue weighted by molar-refractivity contribution is 0.0221. The van der Waals surface area contributed by atoms with Crippen molar-refractivity contribution in [2.24, 2.45) is 5.92 Å². The molecule has 3 aromatic carbocycles. The van der Waals surface area contributed by atoms with Crippen LogP contribution >= 0.6 is 24.8 Å². The second kappa shape index (κ2) is 10.1. The van der Waals surface area contributed by atoms with E-state index in [1.165, 1.54) is 27.1 Å². The van der Waals surface area contributed by atoms with Crippen LogP contribution in [0.3, 0.4) is 0 Å². The van der Waals surface area contributed by atoms with Gasteiger partial charge in [-0.25, -0.2) is 0 Å². The Balaban J connectivity index is 0.00000120. The summed E-state index contributed by atoms with van der Waals surface area (Å²) in [5.41, 5.74) is 1.54. The molecule has 2 saturated heterocycles. The first-order valence-corrected chi connectivity index (χ1v) is 10.3. The molecule has 5 rings (SSSR count). The van der Waals surface area contributed by atoms with Gasteiger partial charge in [-0.2, -0.15) is 0 Å².